The number of rotatable bonds is 4. The Morgan fingerprint density at radius 3 is 2.95 bits per heavy atom. The van der Waals surface area contributed by atoms with Crippen LogP contribution in [0.2, 0.25) is 0 Å². The molecule has 1 aliphatic rings. The average Bonchev–Trinajstić information content (AvgIpc) is 3.24. The molecule has 1 amide bonds. The normalized spacial score (nSPS) is 21.3. The highest BCUT2D eigenvalue weighted by Crippen LogP contribution is 2.33. The standard InChI is InChI=1S/C14H21N7O/c1-4-21-11(10-5-7-16-17-10)18-19-13(21)20-8-6-14(2,9-20)12(22)15-3/h5,7H,4,6,8-9H2,1-3H3,(H,15,22)(H,16,17). The molecule has 22 heavy (non-hydrogen) atoms. The zero-order valence-electron chi connectivity index (χ0n) is 13.1. The molecule has 0 radical (unpaired) electrons. The minimum Gasteiger partial charge on any atom is -0.359 e. The second-order valence-corrected chi connectivity index (χ2v) is 5.85. The zero-order chi connectivity index (χ0) is 15.7. The molecule has 1 saturated heterocycles. The summed E-state index contributed by atoms with van der Waals surface area (Å²) in [6.07, 6.45) is 2.50. The monoisotopic (exact) mass is 303 g/mol. The first kappa shape index (κ1) is 14.6. The van der Waals surface area contributed by atoms with Crippen LogP contribution in [0, 0.1) is 5.41 Å². The Morgan fingerprint density at radius 2 is 2.32 bits per heavy atom. The van der Waals surface area contributed by atoms with E-state index in [4.69, 9.17) is 0 Å². The SMILES string of the molecule is CCn1c(-c2ccn[nH]2)nnc1N1CCC(C)(C(=O)NC)C1. The van der Waals surface area contributed by atoms with Crippen LogP contribution < -0.4 is 10.2 Å². The van der Waals surface area contributed by atoms with Gasteiger partial charge in [0.1, 0.15) is 5.69 Å². The summed E-state index contributed by atoms with van der Waals surface area (Å²) in [5.41, 5.74) is 0.460. The molecule has 2 N–H and O–H groups in total. The van der Waals surface area contributed by atoms with Gasteiger partial charge in [-0.3, -0.25) is 14.5 Å². The molecule has 0 spiro atoms. The van der Waals surface area contributed by atoms with E-state index in [1.54, 1.807) is 13.2 Å². The van der Waals surface area contributed by atoms with E-state index in [2.05, 4.69) is 37.5 Å². The van der Waals surface area contributed by atoms with Crippen LogP contribution in [0.25, 0.3) is 11.5 Å². The Bertz CT molecular complexity index is 663. The molecule has 8 nitrogen and oxygen atoms in total. The Balaban J connectivity index is 1.89. The van der Waals surface area contributed by atoms with Crippen LogP contribution in [0.1, 0.15) is 20.3 Å². The lowest BCUT2D eigenvalue weighted by atomic mass is 9.89. The number of carbonyl (C=O) groups excluding carboxylic acids is 1. The van der Waals surface area contributed by atoms with Gasteiger partial charge in [-0.25, -0.2) is 0 Å². The molecule has 3 rings (SSSR count). The number of aromatic amines is 1. The zero-order valence-corrected chi connectivity index (χ0v) is 13.1. The van der Waals surface area contributed by atoms with Gasteiger partial charge in [0, 0.05) is 32.9 Å². The van der Waals surface area contributed by atoms with Crippen LogP contribution in [0.15, 0.2) is 12.3 Å². The Kier molecular flexibility index (Phi) is 3.59. The summed E-state index contributed by atoms with van der Waals surface area (Å²) in [4.78, 5) is 14.2. The number of carbonyl (C=O) groups is 1. The summed E-state index contributed by atoms with van der Waals surface area (Å²) in [6.45, 7) is 6.25. The second-order valence-electron chi connectivity index (χ2n) is 5.85. The number of aromatic nitrogens is 5. The maximum atomic E-state index is 12.1. The fourth-order valence-electron chi connectivity index (χ4n) is 3.02. The lowest BCUT2D eigenvalue weighted by molar-refractivity contribution is -0.128. The summed E-state index contributed by atoms with van der Waals surface area (Å²) in [5.74, 6) is 1.65. The lowest BCUT2D eigenvalue weighted by Gasteiger charge is -2.23. The fourth-order valence-corrected chi connectivity index (χ4v) is 3.02. The molecule has 0 aliphatic carbocycles. The first-order chi connectivity index (χ1) is 10.6. The van der Waals surface area contributed by atoms with Crippen LogP contribution in [0.5, 0.6) is 0 Å². The Morgan fingerprint density at radius 1 is 1.50 bits per heavy atom. The third-order valence-electron chi connectivity index (χ3n) is 4.32. The van der Waals surface area contributed by atoms with E-state index in [0.29, 0.717) is 6.54 Å². The van der Waals surface area contributed by atoms with Crippen molar-refractivity contribution in [3.63, 3.8) is 0 Å². The Labute approximate surface area is 128 Å². The van der Waals surface area contributed by atoms with Crippen molar-refractivity contribution in [3.05, 3.63) is 12.3 Å². The van der Waals surface area contributed by atoms with Crippen molar-refractivity contribution < 1.29 is 4.79 Å². The molecule has 1 atom stereocenters. The molecule has 1 unspecified atom stereocenters. The predicted octanol–water partition coefficient (Wildman–Crippen LogP) is 0.650. The lowest BCUT2D eigenvalue weighted by Crippen LogP contribution is -2.39. The minimum absolute atomic E-state index is 0.0753. The van der Waals surface area contributed by atoms with Crippen LogP contribution in [-0.2, 0) is 11.3 Å². The maximum absolute atomic E-state index is 12.1. The quantitative estimate of drug-likeness (QED) is 0.865. The summed E-state index contributed by atoms with van der Waals surface area (Å²) >= 11 is 0. The molecule has 2 aromatic heterocycles. The molecule has 0 saturated carbocycles. The van der Waals surface area contributed by atoms with Crippen molar-refractivity contribution >= 4 is 11.9 Å². The maximum Gasteiger partial charge on any atom is 0.227 e. The summed E-state index contributed by atoms with van der Waals surface area (Å²) in [5, 5.41) is 18.3. The van der Waals surface area contributed by atoms with Crippen LogP contribution >= 0.6 is 0 Å². The van der Waals surface area contributed by atoms with E-state index in [-0.39, 0.29) is 11.3 Å². The molecule has 8 heteroatoms. The predicted molar refractivity (Wildman–Crippen MR) is 82.3 cm³/mol. The second kappa shape index (κ2) is 5.43. The van der Waals surface area contributed by atoms with E-state index in [0.717, 1.165) is 37.0 Å². The van der Waals surface area contributed by atoms with E-state index >= 15 is 0 Å². The fraction of sp³-hybridized carbons (Fsp3) is 0.571. The molecule has 1 aliphatic heterocycles. The van der Waals surface area contributed by atoms with Crippen molar-refractivity contribution in [1.82, 2.24) is 30.3 Å². The van der Waals surface area contributed by atoms with Crippen molar-refractivity contribution in [2.24, 2.45) is 5.41 Å². The van der Waals surface area contributed by atoms with Crippen molar-refractivity contribution in [2.45, 2.75) is 26.8 Å². The highest BCUT2D eigenvalue weighted by Gasteiger charge is 2.41. The molecule has 3 heterocycles. The third-order valence-corrected chi connectivity index (χ3v) is 4.32. The molecule has 118 valence electrons. The van der Waals surface area contributed by atoms with Crippen LogP contribution in [0.3, 0.4) is 0 Å². The topological polar surface area (TPSA) is 91.7 Å². The highest BCUT2D eigenvalue weighted by molar-refractivity contribution is 5.83. The number of anilines is 1. The third kappa shape index (κ3) is 2.24. The van der Waals surface area contributed by atoms with Gasteiger partial charge in [0.2, 0.25) is 11.9 Å². The van der Waals surface area contributed by atoms with E-state index in [1.807, 2.05) is 17.6 Å². The van der Waals surface area contributed by atoms with E-state index in [9.17, 15) is 4.79 Å². The molecule has 1 fully saturated rings. The summed E-state index contributed by atoms with van der Waals surface area (Å²) < 4.78 is 2.04. The van der Waals surface area contributed by atoms with Gasteiger partial charge in [0.05, 0.1) is 5.41 Å². The van der Waals surface area contributed by atoms with Crippen molar-refractivity contribution in [3.8, 4) is 11.5 Å². The number of hydrogen-bond acceptors (Lipinski definition) is 5. The molecule has 0 aromatic carbocycles. The van der Waals surface area contributed by atoms with Gasteiger partial charge in [0.15, 0.2) is 5.82 Å². The molecule has 2 aromatic rings. The van der Waals surface area contributed by atoms with Crippen LogP contribution in [-0.4, -0.2) is 51.0 Å². The van der Waals surface area contributed by atoms with Gasteiger partial charge >= 0.3 is 0 Å². The van der Waals surface area contributed by atoms with Crippen molar-refractivity contribution in [2.75, 3.05) is 25.0 Å². The van der Waals surface area contributed by atoms with Gasteiger partial charge < -0.3 is 10.2 Å². The van der Waals surface area contributed by atoms with Gasteiger partial charge in [-0.2, -0.15) is 5.10 Å². The largest absolute Gasteiger partial charge is 0.359 e. The molecular weight excluding hydrogens is 282 g/mol. The van der Waals surface area contributed by atoms with E-state index in [1.165, 1.54) is 0 Å². The van der Waals surface area contributed by atoms with Crippen molar-refractivity contribution in [1.29, 1.82) is 0 Å². The number of H-pyrrole nitrogens is 1. The first-order valence-corrected chi connectivity index (χ1v) is 7.49. The number of amides is 1. The summed E-state index contributed by atoms with van der Waals surface area (Å²) in [7, 11) is 1.68. The first-order valence-electron chi connectivity index (χ1n) is 7.49. The number of nitrogens with zero attached hydrogens (tertiary/aromatic N) is 5. The van der Waals surface area contributed by atoms with E-state index < -0.39 is 0 Å². The van der Waals surface area contributed by atoms with Gasteiger partial charge in [-0.1, -0.05) is 0 Å². The van der Waals surface area contributed by atoms with Gasteiger partial charge in [0.25, 0.3) is 0 Å². The van der Waals surface area contributed by atoms with Crippen LogP contribution in [0.4, 0.5) is 5.95 Å². The smallest absolute Gasteiger partial charge is 0.227 e. The van der Waals surface area contributed by atoms with Gasteiger partial charge in [-0.05, 0) is 26.3 Å². The highest BCUT2D eigenvalue weighted by atomic mass is 16.2. The average molecular weight is 303 g/mol. The summed E-state index contributed by atoms with van der Waals surface area (Å²) in [6, 6.07) is 1.87. The Hall–Kier alpha value is -2.38. The van der Waals surface area contributed by atoms with Gasteiger partial charge in [-0.15, -0.1) is 10.2 Å². The minimum atomic E-state index is -0.382. The molecular formula is C14H21N7O. The molecule has 0 bridgehead atoms. The number of nitrogens with one attached hydrogen (secondary N) is 2. The number of hydrogen-bond donors (Lipinski definition) is 2.